The molecule has 7 heteroatoms. The van der Waals surface area contributed by atoms with Crippen LogP contribution in [0.4, 0.5) is 0 Å². The highest BCUT2D eigenvalue weighted by molar-refractivity contribution is 8.26. The summed E-state index contributed by atoms with van der Waals surface area (Å²) in [6.45, 7) is 3.60. The summed E-state index contributed by atoms with van der Waals surface area (Å²) >= 11 is 6.62. The number of rotatable bonds is 3. The molecule has 0 atom stereocenters. The molecule has 1 aromatic heterocycles. The van der Waals surface area contributed by atoms with Gasteiger partial charge in [-0.25, -0.2) is 0 Å². The first-order valence-electron chi connectivity index (χ1n) is 6.33. The van der Waals surface area contributed by atoms with E-state index in [1.165, 1.54) is 11.8 Å². The molecular weight excluding hydrogens is 296 g/mol. The summed E-state index contributed by atoms with van der Waals surface area (Å²) in [6, 6.07) is 3.61. The second kappa shape index (κ2) is 6.09. The Morgan fingerprint density at radius 2 is 2.20 bits per heavy atom. The highest BCUT2D eigenvalue weighted by atomic mass is 32.2. The van der Waals surface area contributed by atoms with Crippen LogP contribution in [0.25, 0.3) is 6.08 Å². The van der Waals surface area contributed by atoms with Crippen molar-refractivity contribution < 1.29 is 13.9 Å². The highest BCUT2D eigenvalue weighted by Gasteiger charge is 2.33. The minimum Gasteiger partial charge on any atom is -0.465 e. The van der Waals surface area contributed by atoms with Crippen molar-refractivity contribution in [1.82, 2.24) is 9.80 Å². The summed E-state index contributed by atoms with van der Waals surface area (Å²) in [4.78, 5) is 16.8. The van der Waals surface area contributed by atoms with Crippen LogP contribution in [0.15, 0.2) is 27.7 Å². The molecule has 2 aliphatic rings. The lowest BCUT2D eigenvalue weighted by Crippen LogP contribution is -2.45. The van der Waals surface area contributed by atoms with E-state index in [-0.39, 0.29) is 5.91 Å². The quantitative estimate of drug-likeness (QED) is 0.626. The molecule has 0 radical (unpaired) electrons. The van der Waals surface area contributed by atoms with E-state index in [0.717, 1.165) is 13.1 Å². The van der Waals surface area contributed by atoms with Crippen molar-refractivity contribution in [2.75, 3.05) is 33.0 Å². The number of thiocarbonyl (C=S) groups is 1. The molecule has 2 saturated heterocycles. The zero-order valence-electron chi connectivity index (χ0n) is 10.8. The van der Waals surface area contributed by atoms with Crippen LogP contribution in [0.3, 0.4) is 0 Å². The first-order valence-corrected chi connectivity index (χ1v) is 7.55. The molecule has 5 nitrogen and oxygen atoms in total. The van der Waals surface area contributed by atoms with Gasteiger partial charge < -0.3 is 9.15 Å². The van der Waals surface area contributed by atoms with E-state index in [4.69, 9.17) is 21.4 Å². The maximum Gasteiger partial charge on any atom is 0.267 e. The largest absolute Gasteiger partial charge is 0.465 e. The topological polar surface area (TPSA) is 45.9 Å². The molecule has 3 heterocycles. The summed E-state index contributed by atoms with van der Waals surface area (Å²) in [7, 11) is 0. The van der Waals surface area contributed by atoms with Gasteiger partial charge in [0.1, 0.15) is 10.1 Å². The monoisotopic (exact) mass is 310 g/mol. The Morgan fingerprint density at radius 3 is 2.90 bits per heavy atom. The van der Waals surface area contributed by atoms with Crippen molar-refractivity contribution in [1.29, 1.82) is 0 Å². The Kier molecular flexibility index (Phi) is 4.21. The third kappa shape index (κ3) is 2.95. The first-order chi connectivity index (χ1) is 9.74. The second-order valence-electron chi connectivity index (χ2n) is 4.50. The Morgan fingerprint density at radius 1 is 1.40 bits per heavy atom. The lowest BCUT2D eigenvalue weighted by atomic mass is 10.3. The maximum atomic E-state index is 12.4. The molecule has 0 bridgehead atoms. The molecule has 1 aromatic rings. The fraction of sp³-hybridized carbons (Fsp3) is 0.385. The third-order valence-electron chi connectivity index (χ3n) is 3.14. The standard InChI is InChI=1S/C13H14N2O3S2/c16-12-11(8-10-2-1-5-18-10)20-13(19)15(12)9-14-3-6-17-7-4-14/h1-2,5,8H,3-4,6-7,9H2/b11-8-. The lowest BCUT2D eigenvalue weighted by Gasteiger charge is -2.29. The zero-order valence-corrected chi connectivity index (χ0v) is 12.4. The normalized spacial score (nSPS) is 23.0. The summed E-state index contributed by atoms with van der Waals surface area (Å²) in [5, 5.41) is 0. The highest BCUT2D eigenvalue weighted by Crippen LogP contribution is 2.32. The van der Waals surface area contributed by atoms with Gasteiger partial charge in [-0.15, -0.1) is 0 Å². The van der Waals surface area contributed by atoms with Crippen molar-refractivity contribution in [2.24, 2.45) is 0 Å². The van der Waals surface area contributed by atoms with Crippen molar-refractivity contribution in [3.63, 3.8) is 0 Å². The number of hydrogen-bond acceptors (Lipinski definition) is 6. The SMILES string of the molecule is O=C1/C(=C/c2ccco2)SC(=S)N1CN1CCOCC1. The summed E-state index contributed by atoms with van der Waals surface area (Å²) in [5.74, 6) is 0.611. The predicted octanol–water partition coefficient (Wildman–Crippen LogP) is 1.77. The van der Waals surface area contributed by atoms with Gasteiger partial charge in [0, 0.05) is 19.2 Å². The van der Waals surface area contributed by atoms with Crippen LogP contribution in [-0.2, 0) is 9.53 Å². The van der Waals surface area contributed by atoms with Crippen LogP contribution in [0.2, 0.25) is 0 Å². The maximum absolute atomic E-state index is 12.4. The fourth-order valence-corrected chi connectivity index (χ4v) is 3.29. The Bertz CT molecular complexity index is 536. The molecule has 1 amide bonds. The van der Waals surface area contributed by atoms with Crippen molar-refractivity contribution in [3.05, 3.63) is 29.1 Å². The van der Waals surface area contributed by atoms with Crippen LogP contribution < -0.4 is 0 Å². The van der Waals surface area contributed by atoms with Crippen LogP contribution in [0, 0.1) is 0 Å². The minimum atomic E-state index is -0.0529. The molecule has 106 valence electrons. The van der Waals surface area contributed by atoms with Crippen LogP contribution in [0.5, 0.6) is 0 Å². The van der Waals surface area contributed by atoms with E-state index in [1.807, 2.05) is 6.07 Å². The molecule has 0 unspecified atom stereocenters. The summed E-state index contributed by atoms with van der Waals surface area (Å²) in [6.07, 6.45) is 3.32. The van der Waals surface area contributed by atoms with E-state index in [2.05, 4.69) is 4.90 Å². The van der Waals surface area contributed by atoms with E-state index in [0.29, 0.717) is 34.9 Å². The van der Waals surface area contributed by atoms with Crippen LogP contribution in [-0.4, -0.2) is 53.0 Å². The number of nitrogens with zero attached hydrogens (tertiary/aromatic N) is 2. The van der Waals surface area contributed by atoms with Gasteiger partial charge in [0.15, 0.2) is 0 Å². The first kappa shape index (κ1) is 13.8. The molecule has 0 aromatic carbocycles. The average Bonchev–Trinajstić information content (AvgIpc) is 3.05. The van der Waals surface area contributed by atoms with Gasteiger partial charge >= 0.3 is 0 Å². The average molecular weight is 310 g/mol. The Balaban J connectivity index is 1.70. The number of amides is 1. The number of thioether (sulfide) groups is 1. The molecule has 20 heavy (non-hydrogen) atoms. The van der Waals surface area contributed by atoms with Gasteiger partial charge in [-0.3, -0.25) is 14.6 Å². The molecule has 3 rings (SSSR count). The number of furan rings is 1. The number of ether oxygens (including phenoxy) is 1. The van der Waals surface area contributed by atoms with E-state index < -0.39 is 0 Å². The number of hydrogen-bond donors (Lipinski definition) is 0. The Hall–Kier alpha value is -1.15. The van der Waals surface area contributed by atoms with Crippen molar-refractivity contribution in [3.8, 4) is 0 Å². The Labute approximate surface area is 126 Å². The van der Waals surface area contributed by atoms with Crippen LogP contribution in [0.1, 0.15) is 5.76 Å². The predicted molar refractivity (Wildman–Crippen MR) is 81.0 cm³/mol. The van der Waals surface area contributed by atoms with Crippen molar-refractivity contribution >= 4 is 40.3 Å². The third-order valence-corrected chi connectivity index (χ3v) is 4.51. The van der Waals surface area contributed by atoms with Gasteiger partial charge in [0.2, 0.25) is 0 Å². The summed E-state index contributed by atoms with van der Waals surface area (Å²) in [5.41, 5.74) is 0. The van der Waals surface area contributed by atoms with Gasteiger partial charge in [0.05, 0.1) is 31.1 Å². The van der Waals surface area contributed by atoms with Gasteiger partial charge in [-0.1, -0.05) is 24.0 Å². The van der Waals surface area contributed by atoms with Gasteiger partial charge in [-0.05, 0) is 12.1 Å². The van der Waals surface area contributed by atoms with E-state index in [9.17, 15) is 4.79 Å². The fourth-order valence-electron chi connectivity index (χ4n) is 2.07. The van der Waals surface area contributed by atoms with Crippen LogP contribution >= 0.6 is 24.0 Å². The lowest BCUT2D eigenvalue weighted by molar-refractivity contribution is -0.124. The number of morpholine rings is 1. The number of carbonyl (C=O) groups excluding carboxylic acids is 1. The van der Waals surface area contributed by atoms with Crippen molar-refractivity contribution in [2.45, 2.75) is 0 Å². The molecule has 0 N–H and O–H groups in total. The molecule has 0 spiro atoms. The summed E-state index contributed by atoms with van der Waals surface area (Å²) < 4.78 is 11.1. The van der Waals surface area contributed by atoms with E-state index >= 15 is 0 Å². The smallest absolute Gasteiger partial charge is 0.267 e. The van der Waals surface area contributed by atoms with E-state index in [1.54, 1.807) is 23.3 Å². The van der Waals surface area contributed by atoms with Gasteiger partial charge in [0.25, 0.3) is 5.91 Å². The molecule has 2 aliphatic heterocycles. The molecule has 2 fully saturated rings. The molecular formula is C13H14N2O3S2. The molecule has 0 aliphatic carbocycles. The molecule has 0 saturated carbocycles. The number of carbonyl (C=O) groups is 1. The zero-order chi connectivity index (χ0) is 13.9. The van der Waals surface area contributed by atoms with Gasteiger partial charge in [-0.2, -0.15) is 0 Å². The second-order valence-corrected chi connectivity index (χ2v) is 6.17. The minimum absolute atomic E-state index is 0.0529.